The molecule has 24 heavy (non-hydrogen) atoms. The number of carbonyl (C=O) groups is 2. The zero-order valence-electron chi connectivity index (χ0n) is 14.8. The van der Waals surface area contributed by atoms with Crippen molar-refractivity contribution in [3.05, 3.63) is 47.3 Å². The first kappa shape index (κ1) is 17.7. The average molecular weight is 328 g/mol. The number of aromatic nitrogens is 2. The quantitative estimate of drug-likeness (QED) is 0.885. The van der Waals surface area contributed by atoms with Crippen LogP contribution in [0.4, 0.5) is 5.69 Å². The van der Waals surface area contributed by atoms with Crippen molar-refractivity contribution in [2.24, 2.45) is 0 Å². The maximum atomic E-state index is 12.3. The molecule has 0 radical (unpaired) electrons. The van der Waals surface area contributed by atoms with Crippen molar-refractivity contribution in [1.82, 2.24) is 15.1 Å². The van der Waals surface area contributed by atoms with Gasteiger partial charge in [-0.25, -0.2) is 0 Å². The van der Waals surface area contributed by atoms with Crippen molar-refractivity contribution < 1.29 is 9.59 Å². The van der Waals surface area contributed by atoms with Crippen LogP contribution in [0, 0.1) is 6.92 Å². The number of aryl methyl sites for hydroxylation is 1. The summed E-state index contributed by atoms with van der Waals surface area (Å²) in [6.45, 7) is 9.69. The van der Waals surface area contributed by atoms with Gasteiger partial charge in [-0.15, -0.1) is 0 Å². The third-order valence-electron chi connectivity index (χ3n) is 3.55. The highest BCUT2D eigenvalue weighted by Crippen LogP contribution is 2.18. The van der Waals surface area contributed by atoms with Crippen LogP contribution in [0.15, 0.2) is 30.6 Å². The van der Waals surface area contributed by atoms with E-state index in [4.69, 9.17) is 0 Å². The SMILES string of the molecule is Cc1cc(C(=O)NC(C)C)ccc1NC(=O)c1cnn(C(C)C)c1. The second-order valence-corrected chi connectivity index (χ2v) is 6.41. The summed E-state index contributed by atoms with van der Waals surface area (Å²) in [5.74, 6) is -0.339. The van der Waals surface area contributed by atoms with E-state index in [1.54, 1.807) is 35.3 Å². The zero-order valence-corrected chi connectivity index (χ0v) is 14.8. The lowest BCUT2D eigenvalue weighted by atomic mass is 10.1. The Hall–Kier alpha value is -2.63. The molecule has 0 unspecified atom stereocenters. The predicted octanol–water partition coefficient (Wildman–Crippen LogP) is 3.16. The monoisotopic (exact) mass is 328 g/mol. The highest BCUT2D eigenvalue weighted by Gasteiger charge is 2.13. The third kappa shape index (κ3) is 4.22. The fourth-order valence-corrected chi connectivity index (χ4v) is 2.22. The molecule has 1 aromatic carbocycles. The maximum Gasteiger partial charge on any atom is 0.258 e. The molecule has 0 bridgehead atoms. The van der Waals surface area contributed by atoms with Crippen molar-refractivity contribution in [2.45, 2.75) is 46.7 Å². The molecule has 1 aromatic heterocycles. The molecule has 0 saturated carbocycles. The Morgan fingerprint density at radius 1 is 1.08 bits per heavy atom. The van der Waals surface area contributed by atoms with Crippen molar-refractivity contribution >= 4 is 17.5 Å². The van der Waals surface area contributed by atoms with Crippen LogP contribution in [-0.2, 0) is 0 Å². The van der Waals surface area contributed by atoms with Crippen LogP contribution in [0.5, 0.6) is 0 Å². The number of anilines is 1. The molecule has 2 rings (SSSR count). The van der Waals surface area contributed by atoms with Gasteiger partial charge in [0, 0.05) is 29.5 Å². The second kappa shape index (κ2) is 7.29. The molecule has 6 nitrogen and oxygen atoms in total. The Morgan fingerprint density at radius 2 is 1.79 bits per heavy atom. The fourth-order valence-electron chi connectivity index (χ4n) is 2.22. The van der Waals surface area contributed by atoms with E-state index in [9.17, 15) is 9.59 Å². The van der Waals surface area contributed by atoms with Crippen LogP contribution in [0.3, 0.4) is 0 Å². The molecule has 2 N–H and O–H groups in total. The Bertz CT molecular complexity index is 747. The van der Waals surface area contributed by atoms with E-state index in [1.165, 1.54) is 0 Å². The first-order chi connectivity index (χ1) is 11.3. The number of amides is 2. The average Bonchev–Trinajstić information content (AvgIpc) is 2.98. The van der Waals surface area contributed by atoms with Gasteiger partial charge in [-0.05, 0) is 58.4 Å². The number of benzene rings is 1. The molecule has 0 aliphatic carbocycles. The molecule has 1 heterocycles. The van der Waals surface area contributed by atoms with Crippen molar-refractivity contribution in [2.75, 3.05) is 5.32 Å². The summed E-state index contributed by atoms with van der Waals surface area (Å²) < 4.78 is 1.74. The molecule has 0 spiro atoms. The van der Waals surface area contributed by atoms with Gasteiger partial charge in [0.2, 0.25) is 0 Å². The van der Waals surface area contributed by atoms with E-state index in [0.29, 0.717) is 16.8 Å². The van der Waals surface area contributed by atoms with Gasteiger partial charge in [0.1, 0.15) is 0 Å². The summed E-state index contributed by atoms with van der Waals surface area (Å²) in [5.41, 5.74) is 2.59. The summed E-state index contributed by atoms with van der Waals surface area (Å²) in [4.78, 5) is 24.3. The summed E-state index contributed by atoms with van der Waals surface area (Å²) in [6.07, 6.45) is 3.27. The summed E-state index contributed by atoms with van der Waals surface area (Å²) in [7, 11) is 0. The first-order valence-corrected chi connectivity index (χ1v) is 8.05. The Morgan fingerprint density at radius 3 is 2.33 bits per heavy atom. The van der Waals surface area contributed by atoms with Crippen LogP contribution in [-0.4, -0.2) is 27.6 Å². The number of carbonyl (C=O) groups excluding carboxylic acids is 2. The van der Waals surface area contributed by atoms with E-state index in [-0.39, 0.29) is 23.9 Å². The third-order valence-corrected chi connectivity index (χ3v) is 3.55. The van der Waals surface area contributed by atoms with Gasteiger partial charge in [0.25, 0.3) is 11.8 Å². The lowest BCUT2D eigenvalue weighted by Gasteiger charge is -2.11. The van der Waals surface area contributed by atoms with Gasteiger partial charge in [-0.2, -0.15) is 5.10 Å². The van der Waals surface area contributed by atoms with Gasteiger partial charge in [-0.3, -0.25) is 14.3 Å². The summed E-state index contributed by atoms with van der Waals surface area (Å²) in [6, 6.07) is 5.50. The minimum atomic E-state index is -0.218. The minimum absolute atomic E-state index is 0.0784. The number of hydrogen-bond acceptors (Lipinski definition) is 3. The Balaban J connectivity index is 2.12. The van der Waals surface area contributed by atoms with E-state index >= 15 is 0 Å². The largest absolute Gasteiger partial charge is 0.350 e. The minimum Gasteiger partial charge on any atom is -0.350 e. The molecule has 0 aliphatic rings. The smallest absolute Gasteiger partial charge is 0.258 e. The van der Waals surface area contributed by atoms with Gasteiger partial charge in [0.15, 0.2) is 0 Å². The van der Waals surface area contributed by atoms with E-state index < -0.39 is 0 Å². The Labute approximate surface area is 142 Å². The van der Waals surface area contributed by atoms with E-state index in [2.05, 4.69) is 15.7 Å². The van der Waals surface area contributed by atoms with Crippen LogP contribution >= 0.6 is 0 Å². The molecule has 2 amide bonds. The summed E-state index contributed by atoms with van der Waals surface area (Å²) in [5, 5.41) is 9.88. The normalized spacial score (nSPS) is 11.0. The highest BCUT2D eigenvalue weighted by molar-refractivity contribution is 6.04. The van der Waals surface area contributed by atoms with Crippen molar-refractivity contribution in [3.8, 4) is 0 Å². The maximum absolute atomic E-state index is 12.3. The van der Waals surface area contributed by atoms with E-state index in [1.807, 2.05) is 34.6 Å². The standard InChI is InChI=1S/C18H24N4O2/c1-11(2)20-17(23)14-6-7-16(13(5)8-14)21-18(24)15-9-19-22(10-15)12(3)4/h6-12H,1-5H3,(H,20,23)(H,21,24). The number of hydrogen-bond donors (Lipinski definition) is 2. The fraction of sp³-hybridized carbons (Fsp3) is 0.389. The highest BCUT2D eigenvalue weighted by atomic mass is 16.2. The number of nitrogens with zero attached hydrogens (tertiary/aromatic N) is 2. The molecular formula is C18H24N4O2. The molecule has 0 aliphatic heterocycles. The van der Waals surface area contributed by atoms with Gasteiger partial charge in [0.05, 0.1) is 11.8 Å². The lowest BCUT2D eigenvalue weighted by Crippen LogP contribution is -2.30. The number of nitrogens with one attached hydrogen (secondary N) is 2. The Kier molecular flexibility index (Phi) is 5.39. The van der Waals surface area contributed by atoms with Crippen LogP contribution in [0.25, 0.3) is 0 Å². The lowest BCUT2D eigenvalue weighted by molar-refractivity contribution is 0.0942. The van der Waals surface area contributed by atoms with Gasteiger partial charge < -0.3 is 10.6 Å². The van der Waals surface area contributed by atoms with Gasteiger partial charge in [-0.1, -0.05) is 0 Å². The predicted molar refractivity (Wildman–Crippen MR) is 94.3 cm³/mol. The van der Waals surface area contributed by atoms with Crippen molar-refractivity contribution in [1.29, 1.82) is 0 Å². The van der Waals surface area contributed by atoms with Crippen molar-refractivity contribution in [3.63, 3.8) is 0 Å². The van der Waals surface area contributed by atoms with E-state index in [0.717, 1.165) is 5.56 Å². The first-order valence-electron chi connectivity index (χ1n) is 8.05. The zero-order chi connectivity index (χ0) is 17.9. The molecule has 128 valence electrons. The molecule has 6 heteroatoms. The molecular weight excluding hydrogens is 304 g/mol. The summed E-state index contributed by atoms with van der Waals surface area (Å²) >= 11 is 0. The van der Waals surface area contributed by atoms with Crippen LogP contribution in [0.1, 0.15) is 60.0 Å². The topological polar surface area (TPSA) is 76.0 Å². The number of rotatable bonds is 5. The van der Waals surface area contributed by atoms with Crippen LogP contribution < -0.4 is 10.6 Å². The molecule has 2 aromatic rings. The molecule has 0 atom stereocenters. The molecule has 0 fully saturated rings. The molecule has 0 saturated heterocycles. The van der Waals surface area contributed by atoms with Gasteiger partial charge >= 0.3 is 0 Å². The second-order valence-electron chi connectivity index (χ2n) is 6.41. The van der Waals surface area contributed by atoms with Crippen LogP contribution in [0.2, 0.25) is 0 Å².